The molecule has 1 N–H and O–H groups in total. The van der Waals surface area contributed by atoms with Crippen molar-refractivity contribution in [2.75, 3.05) is 19.7 Å². The number of carbonyl (C=O) groups is 2. The molecule has 1 fully saturated rings. The standard InChI is InChI=1S/C25H28N4O3/c1-2-32-22-11-9-19(10-12-22)16-27-24(30)20-6-4-14-28(18-20)25(31)23-8-5-15-29(23)21-7-3-13-26-17-21/h3,5,7-13,15,17,20H,2,4,6,14,16,18H2,1H3,(H,27,30). The Morgan fingerprint density at radius 2 is 2.00 bits per heavy atom. The number of aromatic nitrogens is 2. The van der Waals surface area contributed by atoms with E-state index in [0.29, 0.717) is 31.9 Å². The van der Waals surface area contributed by atoms with Crippen LogP contribution in [-0.2, 0) is 11.3 Å². The van der Waals surface area contributed by atoms with E-state index in [1.807, 2.05) is 66.2 Å². The lowest BCUT2D eigenvalue weighted by molar-refractivity contribution is -0.126. The fraction of sp³-hybridized carbons (Fsp3) is 0.320. The first-order chi connectivity index (χ1) is 15.7. The summed E-state index contributed by atoms with van der Waals surface area (Å²) in [6, 6.07) is 15.1. The minimum absolute atomic E-state index is 0.0148. The Morgan fingerprint density at radius 3 is 2.75 bits per heavy atom. The van der Waals surface area contributed by atoms with Crippen LogP contribution < -0.4 is 10.1 Å². The van der Waals surface area contributed by atoms with Gasteiger partial charge in [-0.25, -0.2) is 0 Å². The minimum Gasteiger partial charge on any atom is -0.494 e. The van der Waals surface area contributed by atoms with Gasteiger partial charge in [0.05, 0.1) is 24.4 Å². The van der Waals surface area contributed by atoms with Gasteiger partial charge in [-0.3, -0.25) is 14.6 Å². The number of nitrogens with one attached hydrogen (secondary N) is 1. The second kappa shape index (κ2) is 10.1. The summed E-state index contributed by atoms with van der Waals surface area (Å²) in [4.78, 5) is 32.0. The number of rotatable bonds is 7. The first-order valence-electron chi connectivity index (χ1n) is 11.0. The van der Waals surface area contributed by atoms with Gasteiger partial charge in [0.1, 0.15) is 11.4 Å². The summed E-state index contributed by atoms with van der Waals surface area (Å²) in [6.45, 7) is 4.11. The number of pyridine rings is 1. The third-order valence-corrected chi connectivity index (χ3v) is 5.67. The van der Waals surface area contributed by atoms with Crippen molar-refractivity contribution < 1.29 is 14.3 Å². The highest BCUT2D eigenvalue weighted by molar-refractivity contribution is 5.94. The molecular formula is C25H28N4O3. The zero-order chi connectivity index (χ0) is 22.3. The van der Waals surface area contributed by atoms with Crippen LogP contribution in [0.4, 0.5) is 0 Å². The lowest BCUT2D eigenvalue weighted by Gasteiger charge is -2.32. The molecule has 0 aliphatic carbocycles. The van der Waals surface area contributed by atoms with E-state index >= 15 is 0 Å². The molecule has 0 radical (unpaired) electrons. The first kappa shape index (κ1) is 21.6. The van der Waals surface area contributed by atoms with Crippen LogP contribution in [0, 0.1) is 5.92 Å². The maximum atomic E-state index is 13.2. The molecule has 0 spiro atoms. The molecule has 7 heteroatoms. The van der Waals surface area contributed by atoms with Crippen molar-refractivity contribution in [3.05, 3.63) is 78.4 Å². The van der Waals surface area contributed by atoms with Gasteiger partial charge in [-0.1, -0.05) is 12.1 Å². The molecular weight excluding hydrogens is 404 g/mol. The molecule has 1 atom stereocenters. The van der Waals surface area contributed by atoms with Crippen molar-refractivity contribution in [3.63, 3.8) is 0 Å². The largest absolute Gasteiger partial charge is 0.494 e. The molecule has 1 aliphatic rings. The highest BCUT2D eigenvalue weighted by Crippen LogP contribution is 2.21. The summed E-state index contributed by atoms with van der Waals surface area (Å²) in [5.41, 5.74) is 2.43. The number of hydrogen-bond donors (Lipinski definition) is 1. The van der Waals surface area contributed by atoms with Crippen molar-refractivity contribution in [2.45, 2.75) is 26.3 Å². The quantitative estimate of drug-likeness (QED) is 0.621. The molecule has 3 heterocycles. The van der Waals surface area contributed by atoms with Crippen molar-refractivity contribution in [2.24, 2.45) is 5.92 Å². The molecule has 2 aromatic heterocycles. The number of benzene rings is 1. The van der Waals surface area contributed by atoms with E-state index in [9.17, 15) is 9.59 Å². The van der Waals surface area contributed by atoms with Crippen LogP contribution in [0.1, 0.15) is 35.8 Å². The van der Waals surface area contributed by atoms with Crippen molar-refractivity contribution >= 4 is 11.8 Å². The molecule has 166 valence electrons. The summed E-state index contributed by atoms with van der Waals surface area (Å²) in [6.07, 6.45) is 6.87. The third-order valence-electron chi connectivity index (χ3n) is 5.67. The van der Waals surface area contributed by atoms with E-state index in [2.05, 4.69) is 10.3 Å². The highest BCUT2D eigenvalue weighted by atomic mass is 16.5. The smallest absolute Gasteiger partial charge is 0.270 e. The molecule has 1 saturated heterocycles. The predicted molar refractivity (Wildman–Crippen MR) is 122 cm³/mol. The highest BCUT2D eigenvalue weighted by Gasteiger charge is 2.30. The van der Waals surface area contributed by atoms with Gasteiger partial charge in [0.15, 0.2) is 0 Å². The minimum atomic E-state index is -0.211. The van der Waals surface area contributed by atoms with Crippen LogP contribution in [0.3, 0.4) is 0 Å². The van der Waals surface area contributed by atoms with Crippen molar-refractivity contribution in [3.8, 4) is 11.4 Å². The molecule has 32 heavy (non-hydrogen) atoms. The fourth-order valence-electron chi connectivity index (χ4n) is 4.02. The van der Waals surface area contributed by atoms with Gasteiger partial charge >= 0.3 is 0 Å². The van der Waals surface area contributed by atoms with E-state index in [-0.39, 0.29) is 17.7 Å². The maximum absolute atomic E-state index is 13.2. The van der Waals surface area contributed by atoms with Crippen LogP contribution in [0.25, 0.3) is 5.69 Å². The van der Waals surface area contributed by atoms with Gasteiger partial charge in [0.2, 0.25) is 5.91 Å². The maximum Gasteiger partial charge on any atom is 0.270 e. The summed E-state index contributed by atoms with van der Waals surface area (Å²) < 4.78 is 7.29. The predicted octanol–water partition coefficient (Wildman–Crippen LogP) is 3.44. The van der Waals surface area contributed by atoms with Crippen molar-refractivity contribution in [1.82, 2.24) is 19.8 Å². The van der Waals surface area contributed by atoms with Crippen LogP contribution in [-0.4, -0.2) is 46.0 Å². The zero-order valence-corrected chi connectivity index (χ0v) is 18.2. The number of ether oxygens (including phenoxy) is 1. The first-order valence-corrected chi connectivity index (χ1v) is 11.0. The monoisotopic (exact) mass is 432 g/mol. The van der Waals surface area contributed by atoms with Gasteiger partial charge in [0.25, 0.3) is 5.91 Å². The van der Waals surface area contributed by atoms with E-state index in [1.165, 1.54) is 0 Å². The Hall–Kier alpha value is -3.61. The van der Waals surface area contributed by atoms with Crippen molar-refractivity contribution in [1.29, 1.82) is 0 Å². The summed E-state index contributed by atoms with van der Waals surface area (Å²) in [5, 5.41) is 3.02. The topological polar surface area (TPSA) is 76.5 Å². The van der Waals surface area contributed by atoms with Gasteiger partial charge in [-0.15, -0.1) is 0 Å². The SMILES string of the molecule is CCOc1ccc(CNC(=O)C2CCCN(C(=O)c3cccn3-c3cccnc3)C2)cc1. The molecule has 0 bridgehead atoms. The van der Waals surface area contributed by atoms with Crippen LogP contribution in [0.15, 0.2) is 67.1 Å². The summed E-state index contributed by atoms with van der Waals surface area (Å²) in [7, 11) is 0. The molecule has 0 saturated carbocycles. The molecule has 2 amide bonds. The Balaban J connectivity index is 1.36. The van der Waals surface area contributed by atoms with Gasteiger partial charge < -0.3 is 19.5 Å². The average Bonchev–Trinajstić information content (AvgIpc) is 3.34. The Bertz CT molecular complexity index is 1050. The molecule has 4 rings (SSSR count). The molecule has 7 nitrogen and oxygen atoms in total. The molecule has 3 aromatic rings. The number of carbonyl (C=O) groups excluding carboxylic acids is 2. The fourth-order valence-corrected chi connectivity index (χ4v) is 4.02. The van der Waals surface area contributed by atoms with E-state index < -0.39 is 0 Å². The Labute approximate surface area is 188 Å². The molecule has 1 aliphatic heterocycles. The van der Waals surface area contributed by atoms with Gasteiger partial charge in [-0.05, 0) is 61.7 Å². The van der Waals surface area contributed by atoms with Crippen LogP contribution >= 0.6 is 0 Å². The average molecular weight is 433 g/mol. The van der Waals surface area contributed by atoms with Crippen LogP contribution in [0.5, 0.6) is 5.75 Å². The number of amides is 2. The van der Waals surface area contributed by atoms with Gasteiger partial charge in [-0.2, -0.15) is 0 Å². The number of hydrogen-bond acceptors (Lipinski definition) is 4. The summed E-state index contributed by atoms with van der Waals surface area (Å²) in [5.74, 6) is 0.527. The Kier molecular flexibility index (Phi) is 6.84. The lowest BCUT2D eigenvalue weighted by Crippen LogP contribution is -2.45. The summed E-state index contributed by atoms with van der Waals surface area (Å²) >= 11 is 0. The Morgan fingerprint density at radius 1 is 1.16 bits per heavy atom. The normalized spacial score (nSPS) is 15.9. The van der Waals surface area contributed by atoms with E-state index in [0.717, 1.165) is 29.8 Å². The molecule has 1 aromatic carbocycles. The van der Waals surface area contributed by atoms with E-state index in [1.54, 1.807) is 17.3 Å². The lowest BCUT2D eigenvalue weighted by atomic mass is 9.96. The second-order valence-electron chi connectivity index (χ2n) is 7.86. The third kappa shape index (κ3) is 4.99. The zero-order valence-electron chi connectivity index (χ0n) is 18.2. The molecule has 1 unspecified atom stereocenters. The van der Waals surface area contributed by atoms with E-state index in [4.69, 9.17) is 4.74 Å². The number of nitrogens with zero attached hydrogens (tertiary/aromatic N) is 3. The number of piperidine rings is 1. The number of likely N-dealkylation sites (tertiary alicyclic amines) is 1. The second-order valence-corrected chi connectivity index (χ2v) is 7.86. The van der Waals surface area contributed by atoms with Gasteiger partial charge in [0, 0.05) is 32.0 Å². The van der Waals surface area contributed by atoms with Crippen LogP contribution in [0.2, 0.25) is 0 Å².